The van der Waals surface area contributed by atoms with Gasteiger partial charge in [-0.15, -0.1) is 0 Å². The van der Waals surface area contributed by atoms with Crippen molar-refractivity contribution in [3.05, 3.63) is 29.8 Å². The number of methoxy groups -OCH3 is 2. The molecular formula is C17H29NO2. The summed E-state index contributed by atoms with van der Waals surface area (Å²) in [6.07, 6.45) is 2.25. The molecule has 2 atom stereocenters. The van der Waals surface area contributed by atoms with Crippen molar-refractivity contribution in [1.82, 2.24) is 5.32 Å². The van der Waals surface area contributed by atoms with Crippen molar-refractivity contribution < 1.29 is 9.47 Å². The first kappa shape index (κ1) is 17.0. The lowest BCUT2D eigenvalue weighted by atomic mass is 9.86. The molecule has 2 unspecified atom stereocenters. The molecule has 0 bridgehead atoms. The fourth-order valence-electron chi connectivity index (χ4n) is 2.42. The predicted molar refractivity (Wildman–Crippen MR) is 84.4 cm³/mol. The van der Waals surface area contributed by atoms with Crippen molar-refractivity contribution in [2.45, 2.75) is 26.7 Å². The molecule has 0 amide bonds. The van der Waals surface area contributed by atoms with Crippen LogP contribution in [0.25, 0.3) is 0 Å². The molecule has 0 radical (unpaired) electrons. The highest BCUT2D eigenvalue weighted by Gasteiger charge is 2.17. The molecule has 0 aromatic heterocycles. The SMILES string of the molecule is CCC(C)C(CNCCOC)Cc1ccccc1OC. The monoisotopic (exact) mass is 279 g/mol. The zero-order valence-corrected chi connectivity index (χ0v) is 13.3. The van der Waals surface area contributed by atoms with E-state index in [4.69, 9.17) is 9.47 Å². The highest BCUT2D eigenvalue weighted by Crippen LogP contribution is 2.25. The van der Waals surface area contributed by atoms with Gasteiger partial charge in [-0.2, -0.15) is 0 Å². The van der Waals surface area contributed by atoms with E-state index in [9.17, 15) is 0 Å². The summed E-state index contributed by atoms with van der Waals surface area (Å²) in [4.78, 5) is 0. The maximum atomic E-state index is 5.46. The molecular weight excluding hydrogens is 250 g/mol. The van der Waals surface area contributed by atoms with Crippen molar-refractivity contribution in [2.24, 2.45) is 11.8 Å². The molecule has 0 fully saturated rings. The molecule has 0 aliphatic heterocycles. The Morgan fingerprint density at radius 2 is 1.95 bits per heavy atom. The van der Waals surface area contributed by atoms with Crippen molar-refractivity contribution in [3.8, 4) is 5.75 Å². The summed E-state index contributed by atoms with van der Waals surface area (Å²) >= 11 is 0. The maximum Gasteiger partial charge on any atom is 0.122 e. The summed E-state index contributed by atoms with van der Waals surface area (Å²) in [6.45, 7) is 7.29. The lowest BCUT2D eigenvalue weighted by Crippen LogP contribution is -2.30. The molecule has 0 saturated carbocycles. The van der Waals surface area contributed by atoms with Crippen LogP contribution in [-0.2, 0) is 11.2 Å². The largest absolute Gasteiger partial charge is 0.496 e. The van der Waals surface area contributed by atoms with Crippen molar-refractivity contribution >= 4 is 0 Å². The number of hydrogen-bond donors (Lipinski definition) is 1. The van der Waals surface area contributed by atoms with Gasteiger partial charge in [-0.3, -0.25) is 0 Å². The van der Waals surface area contributed by atoms with Crippen LogP contribution in [0.1, 0.15) is 25.8 Å². The van der Waals surface area contributed by atoms with Gasteiger partial charge in [-0.1, -0.05) is 38.5 Å². The van der Waals surface area contributed by atoms with Gasteiger partial charge in [0.25, 0.3) is 0 Å². The van der Waals surface area contributed by atoms with Crippen LogP contribution >= 0.6 is 0 Å². The van der Waals surface area contributed by atoms with E-state index in [1.807, 2.05) is 12.1 Å². The molecule has 3 heteroatoms. The summed E-state index contributed by atoms with van der Waals surface area (Å²) in [5.74, 6) is 2.31. The summed E-state index contributed by atoms with van der Waals surface area (Å²) in [5, 5.41) is 3.49. The lowest BCUT2D eigenvalue weighted by molar-refractivity contribution is 0.195. The van der Waals surface area contributed by atoms with Gasteiger partial charge in [0.15, 0.2) is 0 Å². The van der Waals surface area contributed by atoms with Gasteiger partial charge >= 0.3 is 0 Å². The van der Waals surface area contributed by atoms with Crippen LogP contribution in [0.15, 0.2) is 24.3 Å². The van der Waals surface area contributed by atoms with Crippen LogP contribution < -0.4 is 10.1 Å². The Morgan fingerprint density at radius 1 is 1.20 bits per heavy atom. The molecule has 1 N–H and O–H groups in total. The van der Waals surface area contributed by atoms with Crippen LogP contribution in [0, 0.1) is 11.8 Å². The first-order chi connectivity index (χ1) is 9.72. The standard InChI is InChI=1S/C17H29NO2/c1-5-14(2)16(13-18-10-11-19-3)12-15-8-6-7-9-17(15)20-4/h6-9,14,16,18H,5,10-13H2,1-4H3. The number of benzene rings is 1. The van der Waals surface area contributed by atoms with E-state index in [2.05, 4.69) is 31.3 Å². The minimum atomic E-state index is 0.619. The molecule has 3 nitrogen and oxygen atoms in total. The Bertz CT molecular complexity index is 368. The Labute approximate surface area is 123 Å². The first-order valence-electron chi connectivity index (χ1n) is 7.54. The second kappa shape index (κ2) is 9.78. The third-order valence-corrected chi connectivity index (χ3v) is 4.01. The highest BCUT2D eigenvalue weighted by atomic mass is 16.5. The van der Waals surface area contributed by atoms with Crippen molar-refractivity contribution in [1.29, 1.82) is 0 Å². The van der Waals surface area contributed by atoms with Gasteiger partial charge in [0.2, 0.25) is 0 Å². The molecule has 1 rings (SSSR count). The average Bonchev–Trinajstić information content (AvgIpc) is 2.50. The van der Waals surface area contributed by atoms with E-state index in [0.717, 1.165) is 31.9 Å². The smallest absolute Gasteiger partial charge is 0.122 e. The van der Waals surface area contributed by atoms with E-state index in [-0.39, 0.29) is 0 Å². The third-order valence-electron chi connectivity index (χ3n) is 4.01. The normalized spacial score (nSPS) is 14.0. The summed E-state index contributed by atoms with van der Waals surface area (Å²) in [7, 11) is 3.48. The van der Waals surface area contributed by atoms with Crippen LogP contribution in [0.5, 0.6) is 5.75 Å². The minimum Gasteiger partial charge on any atom is -0.496 e. The topological polar surface area (TPSA) is 30.5 Å². The average molecular weight is 279 g/mol. The van der Waals surface area contributed by atoms with Gasteiger partial charge in [0.1, 0.15) is 5.75 Å². The Hall–Kier alpha value is -1.06. The second-order valence-electron chi connectivity index (χ2n) is 5.36. The highest BCUT2D eigenvalue weighted by molar-refractivity contribution is 5.33. The fourth-order valence-corrected chi connectivity index (χ4v) is 2.42. The number of para-hydroxylation sites is 1. The molecule has 20 heavy (non-hydrogen) atoms. The van der Waals surface area contributed by atoms with E-state index < -0.39 is 0 Å². The Kier molecular flexibility index (Phi) is 8.31. The number of nitrogens with one attached hydrogen (secondary N) is 1. The zero-order chi connectivity index (χ0) is 14.8. The van der Waals surface area contributed by atoms with Gasteiger partial charge in [-0.05, 0) is 36.4 Å². The van der Waals surface area contributed by atoms with E-state index >= 15 is 0 Å². The summed E-state index contributed by atoms with van der Waals surface area (Å²) < 4.78 is 10.5. The quantitative estimate of drug-likeness (QED) is 0.667. The summed E-state index contributed by atoms with van der Waals surface area (Å²) in [5.41, 5.74) is 1.30. The number of ether oxygens (including phenoxy) is 2. The van der Waals surface area contributed by atoms with Crippen molar-refractivity contribution in [3.63, 3.8) is 0 Å². The second-order valence-corrected chi connectivity index (χ2v) is 5.36. The minimum absolute atomic E-state index is 0.619. The maximum absolute atomic E-state index is 5.46. The van der Waals surface area contributed by atoms with E-state index in [1.54, 1.807) is 14.2 Å². The molecule has 0 saturated heterocycles. The van der Waals surface area contributed by atoms with Gasteiger partial charge < -0.3 is 14.8 Å². The number of rotatable bonds is 10. The fraction of sp³-hybridized carbons (Fsp3) is 0.647. The van der Waals surface area contributed by atoms with Gasteiger partial charge in [-0.25, -0.2) is 0 Å². The first-order valence-corrected chi connectivity index (χ1v) is 7.54. The molecule has 114 valence electrons. The van der Waals surface area contributed by atoms with Crippen LogP contribution in [0.3, 0.4) is 0 Å². The molecule has 0 spiro atoms. The van der Waals surface area contributed by atoms with Crippen molar-refractivity contribution in [2.75, 3.05) is 33.9 Å². The van der Waals surface area contributed by atoms with Crippen LogP contribution in [-0.4, -0.2) is 33.9 Å². The van der Waals surface area contributed by atoms with Crippen LogP contribution in [0.4, 0.5) is 0 Å². The molecule has 1 aromatic rings. The number of hydrogen-bond acceptors (Lipinski definition) is 3. The predicted octanol–water partition coefficient (Wildman–Crippen LogP) is 3.14. The Balaban J connectivity index is 2.63. The lowest BCUT2D eigenvalue weighted by Gasteiger charge is -2.24. The van der Waals surface area contributed by atoms with E-state index in [1.165, 1.54) is 12.0 Å². The molecule has 0 heterocycles. The summed E-state index contributed by atoms with van der Waals surface area (Å²) in [6, 6.07) is 8.33. The zero-order valence-electron chi connectivity index (χ0n) is 13.3. The Morgan fingerprint density at radius 3 is 2.60 bits per heavy atom. The van der Waals surface area contributed by atoms with E-state index in [0.29, 0.717) is 11.8 Å². The molecule has 0 aliphatic rings. The van der Waals surface area contributed by atoms with Gasteiger partial charge in [0.05, 0.1) is 13.7 Å². The third kappa shape index (κ3) is 5.51. The molecule has 0 aliphatic carbocycles. The van der Waals surface area contributed by atoms with Crippen LogP contribution in [0.2, 0.25) is 0 Å². The van der Waals surface area contributed by atoms with Gasteiger partial charge in [0, 0.05) is 13.7 Å². The molecule has 1 aromatic carbocycles.